The molecule has 1 N–H and O–H groups in total. The van der Waals surface area contributed by atoms with E-state index in [9.17, 15) is 9.90 Å². The first-order chi connectivity index (χ1) is 10.0. The van der Waals surface area contributed by atoms with E-state index >= 15 is 0 Å². The maximum absolute atomic E-state index is 11.8. The molecule has 0 aliphatic rings. The van der Waals surface area contributed by atoms with Gasteiger partial charge in [-0.3, -0.25) is 0 Å². The Labute approximate surface area is 125 Å². The highest BCUT2D eigenvalue weighted by Gasteiger charge is 2.29. The molecule has 0 aliphatic heterocycles. The zero-order valence-corrected chi connectivity index (χ0v) is 13.2. The fraction of sp³-hybridized carbons (Fsp3) is 0.529. The molecule has 1 heterocycles. The SMILES string of the molecule is CCC(CC)c1nc2ccccc2n1C(C(=O)O)C(C)C. The molecule has 0 bridgehead atoms. The summed E-state index contributed by atoms with van der Waals surface area (Å²) in [6, 6.07) is 7.23. The third-order valence-corrected chi connectivity index (χ3v) is 4.14. The van der Waals surface area contributed by atoms with Crippen LogP contribution in [0.2, 0.25) is 0 Å². The van der Waals surface area contributed by atoms with E-state index in [0.717, 1.165) is 29.7 Å². The van der Waals surface area contributed by atoms with Gasteiger partial charge in [0.2, 0.25) is 0 Å². The number of carboxylic acids is 1. The van der Waals surface area contributed by atoms with Gasteiger partial charge in [0.25, 0.3) is 0 Å². The molecular weight excluding hydrogens is 264 g/mol. The van der Waals surface area contributed by atoms with Crippen molar-refractivity contribution in [3.05, 3.63) is 30.1 Å². The minimum Gasteiger partial charge on any atom is -0.480 e. The second-order valence-electron chi connectivity index (χ2n) is 5.87. The van der Waals surface area contributed by atoms with E-state index in [0.29, 0.717) is 0 Å². The number of para-hydroxylation sites is 2. The molecule has 1 aromatic heterocycles. The van der Waals surface area contributed by atoms with Gasteiger partial charge in [-0.05, 0) is 30.9 Å². The molecule has 0 saturated heterocycles. The molecule has 1 atom stereocenters. The predicted octanol–water partition coefficient (Wildman–Crippen LogP) is 4.22. The van der Waals surface area contributed by atoms with Crippen molar-refractivity contribution in [1.82, 2.24) is 9.55 Å². The lowest BCUT2D eigenvalue weighted by Gasteiger charge is -2.24. The summed E-state index contributed by atoms with van der Waals surface area (Å²) in [6.45, 7) is 8.15. The predicted molar refractivity (Wildman–Crippen MR) is 84.6 cm³/mol. The first kappa shape index (κ1) is 15.5. The van der Waals surface area contributed by atoms with Gasteiger partial charge < -0.3 is 9.67 Å². The zero-order valence-electron chi connectivity index (χ0n) is 13.2. The molecule has 114 valence electrons. The van der Waals surface area contributed by atoms with Crippen LogP contribution in [0.15, 0.2) is 24.3 Å². The van der Waals surface area contributed by atoms with E-state index in [4.69, 9.17) is 4.98 Å². The van der Waals surface area contributed by atoms with Gasteiger partial charge in [-0.15, -0.1) is 0 Å². The van der Waals surface area contributed by atoms with Crippen LogP contribution >= 0.6 is 0 Å². The molecule has 1 unspecified atom stereocenters. The van der Waals surface area contributed by atoms with Crippen molar-refractivity contribution in [1.29, 1.82) is 0 Å². The average Bonchev–Trinajstić information content (AvgIpc) is 2.79. The molecule has 0 aliphatic carbocycles. The summed E-state index contributed by atoms with van der Waals surface area (Å²) in [5.74, 6) is 0.411. The van der Waals surface area contributed by atoms with Gasteiger partial charge in [-0.1, -0.05) is 39.8 Å². The third-order valence-electron chi connectivity index (χ3n) is 4.14. The molecule has 0 spiro atoms. The molecule has 0 fully saturated rings. The van der Waals surface area contributed by atoms with Crippen molar-refractivity contribution in [3.63, 3.8) is 0 Å². The van der Waals surface area contributed by atoms with Gasteiger partial charge in [-0.2, -0.15) is 0 Å². The minimum atomic E-state index is -0.791. The van der Waals surface area contributed by atoms with Crippen molar-refractivity contribution in [2.24, 2.45) is 5.92 Å². The van der Waals surface area contributed by atoms with Crippen LogP contribution in [0.4, 0.5) is 0 Å². The second-order valence-corrected chi connectivity index (χ2v) is 5.87. The number of fused-ring (bicyclic) bond motifs is 1. The molecule has 2 rings (SSSR count). The van der Waals surface area contributed by atoms with Crippen LogP contribution in [0.5, 0.6) is 0 Å². The fourth-order valence-corrected chi connectivity index (χ4v) is 2.99. The molecule has 1 aromatic carbocycles. The Balaban J connectivity index is 2.73. The normalized spacial score (nSPS) is 13.2. The lowest BCUT2D eigenvalue weighted by atomic mass is 9.99. The Morgan fingerprint density at radius 2 is 1.86 bits per heavy atom. The van der Waals surface area contributed by atoms with Gasteiger partial charge in [0.05, 0.1) is 11.0 Å². The van der Waals surface area contributed by atoms with Crippen molar-refractivity contribution in [3.8, 4) is 0 Å². The number of benzene rings is 1. The smallest absolute Gasteiger partial charge is 0.327 e. The van der Waals surface area contributed by atoms with E-state index in [1.165, 1.54) is 0 Å². The number of rotatable bonds is 6. The Hall–Kier alpha value is -1.84. The number of carbonyl (C=O) groups is 1. The topological polar surface area (TPSA) is 55.1 Å². The lowest BCUT2D eigenvalue weighted by Crippen LogP contribution is -2.26. The molecule has 21 heavy (non-hydrogen) atoms. The van der Waals surface area contributed by atoms with Crippen molar-refractivity contribution in [2.45, 2.75) is 52.5 Å². The summed E-state index contributed by atoms with van der Waals surface area (Å²) in [4.78, 5) is 16.5. The van der Waals surface area contributed by atoms with Gasteiger partial charge in [0.1, 0.15) is 11.9 Å². The molecule has 2 aromatic rings. The maximum atomic E-state index is 11.8. The van der Waals surface area contributed by atoms with E-state index in [1.54, 1.807) is 0 Å². The van der Waals surface area contributed by atoms with E-state index in [2.05, 4.69) is 13.8 Å². The van der Waals surface area contributed by atoms with E-state index in [-0.39, 0.29) is 11.8 Å². The number of aromatic nitrogens is 2. The largest absolute Gasteiger partial charge is 0.480 e. The first-order valence-electron chi connectivity index (χ1n) is 7.70. The molecule has 0 radical (unpaired) electrons. The van der Waals surface area contributed by atoms with Crippen LogP contribution in [-0.2, 0) is 4.79 Å². The van der Waals surface area contributed by atoms with Crippen molar-refractivity contribution < 1.29 is 9.90 Å². The number of hydrogen-bond acceptors (Lipinski definition) is 2. The second kappa shape index (κ2) is 6.29. The molecular formula is C17H24N2O2. The Morgan fingerprint density at radius 3 is 2.38 bits per heavy atom. The van der Waals surface area contributed by atoms with Crippen LogP contribution in [0, 0.1) is 5.92 Å². The number of aliphatic carboxylic acids is 1. The number of carboxylic acid groups (broad SMARTS) is 1. The Morgan fingerprint density at radius 1 is 1.24 bits per heavy atom. The third kappa shape index (κ3) is 2.80. The van der Waals surface area contributed by atoms with Gasteiger partial charge >= 0.3 is 5.97 Å². The van der Waals surface area contributed by atoms with Crippen LogP contribution in [0.1, 0.15) is 58.3 Å². The number of imidazole rings is 1. The minimum absolute atomic E-state index is 0.00761. The quantitative estimate of drug-likeness (QED) is 0.865. The highest BCUT2D eigenvalue weighted by molar-refractivity contribution is 5.80. The Bertz CT molecular complexity index is 627. The van der Waals surface area contributed by atoms with Crippen LogP contribution in [-0.4, -0.2) is 20.6 Å². The van der Waals surface area contributed by atoms with Gasteiger partial charge in [0, 0.05) is 5.92 Å². The summed E-state index contributed by atoms with van der Waals surface area (Å²) >= 11 is 0. The molecule has 0 saturated carbocycles. The zero-order chi connectivity index (χ0) is 15.6. The summed E-state index contributed by atoms with van der Waals surface area (Å²) in [5.41, 5.74) is 1.80. The summed E-state index contributed by atoms with van der Waals surface area (Å²) < 4.78 is 1.94. The number of hydrogen-bond donors (Lipinski definition) is 1. The monoisotopic (exact) mass is 288 g/mol. The van der Waals surface area contributed by atoms with Crippen LogP contribution in [0.3, 0.4) is 0 Å². The van der Waals surface area contributed by atoms with E-state index in [1.807, 2.05) is 42.7 Å². The molecule has 0 amide bonds. The highest BCUT2D eigenvalue weighted by atomic mass is 16.4. The molecule has 4 heteroatoms. The number of nitrogens with zero attached hydrogens (tertiary/aromatic N) is 2. The first-order valence-corrected chi connectivity index (χ1v) is 7.70. The van der Waals surface area contributed by atoms with Crippen molar-refractivity contribution >= 4 is 17.0 Å². The maximum Gasteiger partial charge on any atom is 0.327 e. The molecule has 4 nitrogen and oxygen atoms in total. The average molecular weight is 288 g/mol. The van der Waals surface area contributed by atoms with Crippen LogP contribution in [0.25, 0.3) is 11.0 Å². The summed E-state index contributed by atoms with van der Waals surface area (Å²) in [6.07, 6.45) is 1.93. The summed E-state index contributed by atoms with van der Waals surface area (Å²) in [5, 5.41) is 9.68. The van der Waals surface area contributed by atoms with Crippen LogP contribution < -0.4 is 0 Å². The fourth-order valence-electron chi connectivity index (χ4n) is 2.99. The van der Waals surface area contributed by atoms with Gasteiger partial charge in [0.15, 0.2) is 0 Å². The Kier molecular flexibility index (Phi) is 4.66. The highest BCUT2D eigenvalue weighted by Crippen LogP contribution is 2.32. The standard InChI is InChI=1S/C17H24N2O2/c1-5-12(6-2)16-18-13-9-7-8-10-14(13)19(16)15(11(3)4)17(20)21/h7-12,15H,5-6H2,1-4H3,(H,20,21). The van der Waals surface area contributed by atoms with Gasteiger partial charge in [-0.25, -0.2) is 9.78 Å². The lowest BCUT2D eigenvalue weighted by molar-refractivity contribution is -0.142. The van der Waals surface area contributed by atoms with E-state index < -0.39 is 12.0 Å². The summed E-state index contributed by atoms with van der Waals surface area (Å²) in [7, 11) is 0. The van der Waals surface area contributed by atoms with Crippen molar-refractivity contribution in [2.75, 3.05) is 0 Å².